The molecule has 0 aliphatic rings. The topological polar surface area (TPSA) is 43.6 Å². The zero-order chi connectivity index (χ0) is 14.8. The summed E-state index contributed by atoms with van der Waals surface area (Å²) >= 11 is 0. The van der Waals surface area contributed by atoms with Crippen molar-refractivity contribution >= 4 is 10.9 Å². The van der Waals surface area contributed by atoms with Crippen molar-refractivity contribution < 1.29 is 14.6 Å². The van der Waals surface area contributed by atoms with E-state index in [0.717, 1.165) is 28.0 Å². The van der Waals surface area contributed by atoms with Gasteiger partial charge in [0.05, 0.1) is 12.6 Å². The third kappa shape index (κ3) is 2.65. The molecule has 3 rings (SSSR count). The monoisotopic (exact) mass is 283 g/mol. The molecule has 4 heteroatoms. The predicted octanol–water partition coefficient (Wildman–Crippen LogP) is 3.47. The average Bonchev–Trinajstić information content (AvgIpc) is 2.81. The summed E-state index contributed by atoms with van der Waals surface area (Å²) < 4.78 is 13.0. The minimum absolute atomic E-state index is 0.268. The van der Waals surface area contributed by atoms with Gasteiger partial charge in [-0.3, -0.25) is 0 Å². The fourth-order valence-corrected chi connectivity index (χ4v) is 2.42. The van der Waals surface area contributed by atoms with Crippen LogP contribution in [0.2, 0.25) is 0 Å². The number of rotatable bonds is 4. The first-order valence-corrected chi connectivity index (χ1v) is 6.71. The van der Waals surface area contributed by atoms with Gasteiger partial charge < -0.3 is 19.1 Å². The Labute approximate surface area is 123 Å². The van der Waals surface area contributed by atoms with Crippen LogP contribution in [0.4, 0.5) is 0 Å². The van der Waals surface area contributed by atoms with Crippen LogP contribution in [0.15, 0.2) is 48.7 Å². The van der Waals surface area contributed by atoms with Crippen LogP contribution >= 0.6 is 0 Å². The second-order valence-corrected chi connectivity index (χ2v) is 4.93. The highest BCUT2D eigenvalue weighted by Crippen LogP contribution is 2.26. The van der Waals surface area contributed by atoms with Crippen molar-refractivity contribution in [1.82, 2.24) is 4.57 Å². The van der Waals surface area contributed by atoms with E-state index < -0.39 is 0 Å². The van der Waals surface area contributed by atoms with Gasteiger partial charge in [-0.05, 0) is 24.3 Å². The first kappa shape index (κ1) is 13.4. The molecule has 3 aromatic rings. The Hall–Kier alpha value is -2.62. The van der Waals surface area contributed by atoms with Crippen molar-refractivity contribution in [3.63, 3.8) is 0 Å². The summed E-state index contributed by atoms with van der Waals surface area (Å²) in [6.45, 7) is 0.468. The van der Waals surface area contributed by atoms with Gasteiger partial charge in [0, 0.05) is 36.3 Å². The first-order valence-electron chi connectivity index (χ1n) is 6.71. The molecule has 108 valence electrons. The highest BCUT2D eigenvalue weighted by atomic mass is 16.5. The van der Waals surface area contributed by atoms with E-state index in [-0.39, 0.29) is 5.75 Å². The minimum atomic E-state index is 0.268. The van der Waals surface area contributed by atoms with Gasteiger partial charge in [-0.1, -0.05) is 6.07 Å². The molecule has 0 aliphatic heterocycles. The third-order valence-electron chi connectivity index (χ3n) is 3.49. The third-order valence-corrected chi connectivity index (χ3v) is 3.49. The summed E-state index contributed by atoms with van der Waals surface area (Å²) in [5.74, 6) is 1.81. The maximum absolute atomic E-state index is 9.57. The zero-order valence-corrected chi connectivity index (χ0v) is 12.0. The van der Waals surface area contributed by atoms with Gasteiger partial charge >= 0.3 is 0 Å². The predicted molar refractivity (Wildman–Crippen MR) is 81.9 cm³/mol. The number of methoxy groups -OCH3 is 1. The number of phenols is 1. The van der Waals surface area contributed by atoms with E-state index in [0.29, 0.717) is 6.61 Å². The molecule has 0 spiro atoms. The lowest BCUT2D eigenvalue weighted by Crippen LogP contribution is -1.95. The summed E-state index contributed by atoms with van der Waals surface area (Å²) in [5, 5.41) is 10.7. The lowest BCUT2D eigenvalue weighted by molar-refractivity contribution is 0.305. The molecule has 0 fully saturated rings. The number of phenolic OH excluding ortho intramolecular Hbond substituents is 1. The Morgan fingerprint density at radius 1 is 1.10 bits per heavy atom. The van der Waals surface area contributed by atoms with Crippen LogP contribution in [0.5, 0.6) is 17.2 Å². The summed E-state index contributed by atoms with van der Waals surface area (Å²) in [6, 6.07) is 12.9. The summed E-state index contributed by atoms with van der Waals surface area (Å²) in [4.78, 5) is 0. The van der Waals surface area contributed by atoms with Gasteiger partial charge in [-0.25, -0.2) is 0 Å². The summed E-state index contributed by atoms with van der Waals surface area (Å²) in [7, 11) is 3.59. The van der Waals surface area contributed by atoms with Gasteiger partial charge in [0.15, 0.2) is 0 Å². The van der Waals surface area contributed by atoms with E-state index >= 15 is 0 Å². The van der Waals surface area contributed by atoms with Crippen LogP contribution in [0.3, 0.4) is 0 Å². The zero-order valence-electron chi connectivity index (χ0n) is 12.0. The molecular formula is C17H17NO3. The van der Waals surface area contributed by atoms with Crippen molar-refractivity contribution in [1.29, 1.82) is 0 Å². The highest BCUT2D eigenvalue weighted by molar-refractivity contribution is 5.85. The number of hydrogen-bond acceptors (Lipinski definition) is 3. The molecule has 2 aromatic carbocycles. The number of fused-ring (bicyclic) bond motifs is 1. The molecule has 0 aliphatic carbocycles. The fraction of sp³-hybridized carbons (Fsp3) is 0.176. The molecule has 0 saturated carbocycles. The SMILES string of the molecule is COc1cccc(OCc2cn(C)c3cc(O)ccc23)c1. The standard InChI is InChI=1S/C17H17NO3/c1-18-10-12(16-7-6-13(19)8-17(16)18)11-21-15-5-3-4-14(9-15)20-2/h3-10,19H,11H2,1-2H3. The van der Waals surface area contributed by atoms with Gasteiger partial charge in [0.1, 0.15) is 23.9 Å². The maximum atomic E-state index is 9.57. The molecule has 4 nitrogen and oxygen atoms in total. The van der Waals surface area contributed by atoms with Crippen molar-refractivity contribution in [2.75, 3.05) is 7.11 Å². The molecule has 0 saturated heterocycles. The molecule has 0 atom stereocenters. The Bertz CT molecular complexity index is 777. The van der Waals surface area contributed by atoms with Crippen molar-refractivity contribution in [2.24, 2.45) is 7.05 Å². The van der Waals surface area contributed by atoms with Gasteiger partial charge in [0.2, 0.25) is 0 Å². The minimum Gasteiger partial charge on any atom is -0.508 e. The maximum Gasteiger partial charge on any atom is 0.123 e. The number of benzene rings is 2. The molecule has 1 N–H and O–H groups in total. The number of ether oxygens (including phenoxy) is 2. The number of nitrogens with zero attached hydrogens (tertiary/aromatic N) is 1. The van der Waals surface area contributed by atoms with Crippen LogP contribution in [-0.2, 0) is 13.7 Å². The Morgan fingerprint density at radius 2 is 1.90 bits per heavy atom. The lowest BCUT2D eigenvalue weighted by atomic mass is 10.2. The number of aryl methyl sites for hydroxylation is 1. The normalized spacial score (nSPS) is 10.8. The van der Waals surface area contributed by atoms with E-state index in [1.54, 1.807) is 19.2 Å². The van der Waals surface area contributed by atoms with Crippen LogP contribution in [0.25, 0.3) is 10.9 Å². The van der Waals surface area contributed by atoms with Crippen molar-refractivity contribution in [3.05, 3.63) is 54.2 Å². The second kappa shape index (κ2) is 5.40. The highest BCUT2D eigenvalue weighted by Gasteiger charge is 2.08. The van der Waals surface area contributed by atoms with Gasteiger partial charge in [-0.2, -0.15) is 0 Å². The largest absolute Gasteiger partial charge is 0.508 e. The molecule has 21 heavy (non-hydrogen) atoms. The fourth-order valence-electron chi connectivity index (χ4n) is 2.42. The Balaban J connectivity index is 1.85. The second-order valence-electron chi connectivity index (χ2n) is 4.93. The molecular weight excluding hydrogens is 266 g/mol. The van der Waals surface area contributed by atoms with Crippen LogP contribution < -0.4 is 9.47 Å². The molecule has 1 heterocycles. The van der Waals surface area contributed by atoms with Crippen LogP contribution in [-0.4, -0.2) is 16.8 Å². The van der Waals surface area contributed by atoms with Gasteiger partial charge in [0.25, 0.3) is 0 Å². The van der Waals surface area contributed by atoms with E-state index in [4.69, 9.17) is 9.47 Å². The molecule has 0 unspecified atom stereocenters. The lowest BCUT2D eigenvalue weighted by Gasteiger charge is -2.07. The smallest absolute Gasteiger partial charge is 0.123 e. The summed E-state index contributed by atoms with van der Waals surface area (Å²) in [5.41, 5.74) is 2.06. The van der Waals surface area contributed by atoms with E-state index in [2.05, 4.69) is 0 Å². The van der Waals surface area contributed by atoms with Crippen molar-refractivity contribution in [3.8, 4) is 17.2 Å². The van der Waals surface area contributed by atoms with Crippen LogP contribution in [0.1, 0.15) is 5.56 Å². The number of aromatic nitrogens is 1. The number of hydrogen-bond donors (Lipinski definition) is 1. The molecule has 0 radical (unpaired) electrons. The Kier molecular flexibility index (Phi) is 3.44. The molecule has 0 bridgehead atoms. The van der Waals surface area contributed by atoms with E-state index in [9.17, 15) is 5.11 Å². The van der Waals surface area contributed by atoms with E-state index in [1.807, 2.05) is 48.1 Å². The van der Waals surface area contributed by atoms with Crippen LogP contribution in [0, 0.1) is 0 Å². The number of aromatic hydroxyl groups is 1. The molecule has 0 amide bonds. The Morgan fingerprint density at radius 3 is 2.71 bits per heavy atom. The quantitative estimate of drug-likeness (QED) is 0.797. The van der Waals surface area contributed by atoms with Crippen molar-refractivity contribution in [2.45, 2.75) is 6.61 Å². The first-order chi connectivity index (χ1) is 10.2. The summed E-state index contributed by atoms with van der Waals surface area (Å²) in [6.07, 6.45) is 2.02. The molecule has 1 aromatic heterocycles. The average molecular weight is 283 g/mol. The van der Waals surface area contributed by atoms with Gasteiger partial charge in [-0.15, -0.1) is 0 Å². The van der Waals surface area contributed by atoms with E-state index in [1.165, 1.54) is 0 Å².